The zero-order chi connectivity index (χ0) is 20.3. The number of hydrogen-bond acceptors (Lipinski definition) is 1. The van der Waals surface area contributed by atoms with Crippen LogP contribution in [-0.2, 0) is 12.5 Å². The minimum Gasteiger partial charge on any atom is -0.201 e. The molecule has 2 aromatic carbocycles. The molecule has 1 aliphatic rings. The topological polar surface area (TPSA) is 3.88 Å². The summed E-state index contributed by atoms with van der Waals surface area (Å²) in [6.45, 7) is 4.58. The molecule has 0 atom stereocenters. The summed E-state index contributed by atoms with van der Waals surface area (Å²) >= 11 is 1.81. The van der Waals surface area contributed by atoms with Crippen molar-refractivity contribution < 1.29 is 8.68 Å². The van der Waals surface area contributed by atoms with E-state index in [2.05, 4.69) is 57.2 Å². The van der Waals surface area contributed by atoms with Crippen molar-refractivity contribution in [2.45, 2.75) is 42.8 Å². The van der Waals surface area contributed by atoms with E-state index in [0.717, 1.165) is 5.69 Å². The van der Waals surface area contributed by atoms with Crippen LogP contribution in [0.4, 0.5) is 0 Å². The van der Waals surface area contributed by atoms with Crippen LogP contribution in [0.1, 0.15) is 40.2 Å². The van der Waals surface area contributed by atoms with E-state index in [-0.39, 0.29) is 5.41 Å². The molecule has 0 radical (unpaired) electrons. The highest BCUT2D eigenvalue weighted by Crippen LogP contribution is 2.52. The van der Waals surface area contributed by atoms with Crippen LogP contribution in [-0.4, -0.2) is 0 Å². The first-order valence-electron chi connectivity index (χ1n) is 10.0. The second-order valence-corrected chi connectivity index (χ2v) is 8.32. The number of aryl methyl sites for hydroxylation is 3. The molecule has 4 rings (SSSR count). The third-order valence-electron chi connectivity index (χ3n) is 5.20. The fraction of sp³-hybridized carbons (Fsp3) is 0.261. The molecule has 0 unspecified atom stereocenters. The van der Waals surface area contributed by atoms with Gasteiger partial charge in [0, 0.05) is 30.9 Å². The largest absolute Gasteiger partial charge is 0.213 e. The molecule has 3 aromatic rings. The average molecular weight is 350 g/mol. The summed E-state index contributed by atoms with van der Waals surface area (Å²) in [7, 11) is 1.93. The van der Waals surface area contributed by atoms with E-state index in [1.54, 1.807) is 12.3 Å². The first-order chi connectivity index (χ1) is 13.1. The predicted molar refractivity (Wildman–Crippen MR) is 105 cm³/mol. The van der Waals surface area contributed by atoms with Crippen LogP contribution in [0.3, 0.4) is 0 Å². The molecule has 1 aliphatic heterocycles. The average Bonchev–Trinajstić information content (AvgIpc) is 2.61. The minimum atomic E-state index is -2.10. The molecule has 1 aromatic heterocycles. The van der Waals surface area contributed by atoms with Gasteiger partial charge >= 0.3 is 0 Å². The molecule has 0 saturated heterocycles. The summed E-state index contributed by atoms with van der Waals surface area (Å²) in [5, 5.41) is 0. The molecule has 2 heterocycles. The van der Waals surface area contributed by atoms with Crippen molar-refractivity contribution in [1.82, 2.24) is 0 Å². The Kier molecular flexibility index (Phi) is 3.03. The molecule has 0 spiro atoms. The van der Waals surface area contributed by atoms with Gasteiger partial charge in [0.15, 0.2) is 6.20 Å². The summed E-state index contributed by atoms with van der Waals surface area (Å²) in [5.41, 5.74) is 6.35. The smallest absolute Gasteiger partial charge is 0.201 e. The van der Waals surface area contributed by atoms with Crippen LogP contribution in [0.15, 0.2) is 64.5 Å². The molecule has 2 heteroatoms. The van der Waals surface area contributed by atoms with Crippen molar-refractivity contribution in [1.29, 1.82) is 0 Å². The Morgan fingerprint density at radius 3 is 2.56 bits per heavy atom. The van der Waals surface area contributed by atoms with Crippen molar-refractivity contribution in [3.05, 3.63) is 77.0 Å². The number of hydrogen-bond donors (Lipinski definition) is 0. The van der Waals surface area contributed by atoms with Crippen molar-refractivity contribution in [3.8, 4) is 11.3 Å². The zero-order valence-electron chi connectivity index (χ0n) is 18.1. The molecule has 0 saturated carbocycles. The van der Waals surface area contributed by atoms with Crippen molar-refractivity contribution >= 4 is 11.8 Å². The number of fused-ring (bicyclic) bond motifs is 2. The fourth-order valence-corrected chi connectivity index (χ4v) is 5.39. The lowest BCUT2D eigenvalue weighted by atomic mass is 9.76. The number of benzene rings is 2. The van der Waals surface area contributed by atoms with Crippen LogP contribution in [0.25, 0.3) is 11.3 Å². The van der Waals surface area contributed by atoms with Gasteiger partial charge in [-0.1, -0.05) is 55.9 Å². The summed E-state index contributed by atoms with van der Waals surface area (Å²) in [6.07, 6.45) is 1.73. The molecule has 126 valence electrons. The first-order valence-corrected chi connectivity index (χ1v) is 9.34. The van der Waals surface area contributed by atoms with Gasteiger partial charge in [0.2, 0.25) is 5.69 Å². The lowest BCUT2D eigenvalue weighted by molar-refractivity contribution is -0.660. The molecule has 0 amide bonds. The van der Waals surface area contributed by atoms with Gasteiger partial charge in [0.1, 0.15) is 7.05 Å². The maximum atomic E-state index is 7.69. The molecule has 0 aliphatic carbocycles. The van der Waals surface area contributed by atoms with Crippen molar-refractivity contribution in [2.75, 3.05) is 0 Å². The van der Waals surface area contributed by atoms with Crippen LogP contribution in [0.2, 0.25) is 0 Å². The molecular formula is C23H24NS+. The third kappa shape index (κ3) is 2.51. The van der Waals surface area contributed by atoms with Crippen LogP contribution < -0.4 is 4.57 Å². The van der Waals surface area contributed by atoms with Crippen molar-refractivity contribution in [2.24, 2.45) is 7.05 Å². The number of aromatic nitrogens is 1. The van der Waals surface area contributed by atoms with E-state index in [9.17, 15) is 0 Å². The number of pyridine rings is 1. The normalized spacial score (nSPS) is 17.0. The Bertz CT molecular complexity index is 1080. The number of rotatable bonds is 1. The fourth-order valence-electron chi connectivity index (χ4n) is 3.79. The maximum Gasteiger partial charge on any atom is 0.213 e. The van der Waals surface area contributed by atoms with Crippen molar-refractivity contribution in [3.63, 3.8) is 0 Å². The third-order valence-corrected chi connectivity index (χ3v) is 6.41. The Hall–Kier alpha value is -2.06. The minimum absolute atomic E-state index is 0.0865. The van der Waals surface area contributed by atoms with E-state index in [4.69, 9.17) is 4.11 Å². The van der Waals surface area contributed by atoms with Crippen LogP contribution in [0.5, 0.6) is 0 Å². The van der Waals surface area contributed by atoms with Gasteiger partial charge in [-0.25, -0.2) is 4.57 Å². The van der Waals surface area contributed by atoms with Gasteiger partial charge in [0.25, 0.3) is 0 Å². The summed E-state index contributed by atoms with van der Waals surface area (Å²) in [6, 6.07) is 16.7. The lowest BCUT2D eigenvalue weighted by Gasteiger charge is -2.35. The molecule has 25 heavy (non-hydrogen) atoms. The first kappa shape index (κ1) is 13.2. The van der Waals surface area contributed by atoms with Gasteiger partial charge in [-0.2, -0.15) is 0 Å². The Labute approximate surface area is 158 Å². The van der Waals surface area contributed by atoms with Gasteiger partial charge in [-0.15, -0.1) is 0 Å². The second-order valence-electron chi connectivity index (χ2n) is 7.27. The Morgan fingerprint density at radius 1 is 1.00 bits per heavy atom. The molecular weight excluding hydrogens is 322 g/mol. The molecule has 0 fully saturated rings. The van der Waals surface area contributed by atoms with Gasteiger partial charge in [-0.05, 0) is 42.6 Å². The van der Waals surface area contributed by atoms with E-state index < -0.39 is 6.85 Å². The quantitative estimate of drug-likeness (QED) is 0.518. The monoisotopic (exact) mass is 349 g/mol. The van der Waals surface area contributed by atoms with E-state index in [1.165, 1.54) is 32.0 Å². The highest BCUT2D eigenvalue weighted by Gasteiger charge is 2.35. The van der Waals surface area contributed by atoms with Gasteiger partial charge in [-0.3, -0.25) is 0 Å². The zero-order valence-corrected chi connectivity index (χ0v) is 15.9. The van der Waals surface area contributed by atoms with E-state index >= 15 is 0 Å². The number of nitrogens with zero attached hydrogens (tertiary/aromatic N) is 1. The van der Waals surface area contributed by atoms with E-state index in [0.29, 0.717) is 5.56 Å². The molecule has 0 N–H and O–H groups in total. The standard InChI is InChI=1S/C23H24NS/c1-15-10-13-19(24(5)14-15)21-16(2)11-12-18-22(21)25-20-9-7-6-8-17(20)23(18,3)4/h6-14H,1-5H3/q+1/i1D3. The SMILES string of the molecule is [2H]C([2H])([2H])c1ccc(-c2c(C)ccc3c2Sc2ccccc2C3(C)C)[n+](C)c1. The van der Waals surface area contributed by atoms with Gasteiger partial charge < -0.3 is 0 Å². The Balaban J connectivity index is 1.95. The predicted octanol–water partition coefficient (Wildman–Crippen LogP) is 5.59. The van der Waals surface area contributed by atoms with E-state index in [1.807, 2.05) is 29.4 Å². The maximum absolute atomic E-state index is 7.69. The summed E-state index contributed by atoms with van der Waals surface area (Å²) < 4.78 is 25.0. The summed E-state index contributed by atoms with van der Waals surface area (Å²) in [5.74, 6) is 0. The highest BCUT2D eigenvalue weighted by atomic mass is 32.2. The molecule has 1 nitrogen and oxygen atoms in total. The Morgan fingerprint density at radius 2 is 1.80 bits per heavy atom. The van der Waals surface area contributed by atoms with Crippen LogP contribution in [0, 0.1) is 13.8 Å². The summed E-state index contributed by atoms with van der Waals surface area (Å²) in [4.78, 5) is 2.55. The van der Waals surface area contributed by atoms with Crippen LogP contribution >= 0.6 is 11.8 Å². The molecule has 0 bridgehead atoms. The van der Waals surface area contributed by atoms with Gasteiger partial charge in [0.05, 0.1) is 5.56 Å². The highest BCUT2D eigenvalue weighted by molar-refractivity contribution is 7.99. The second kappa shape index (κ2) is 5.74. The lowest BCUT2D eigenvalue weighted by Crippen LogP contribution is -2.32.